The van der Waals surface area contributed by atoms with Gasteiger partial charge in [0.25, 0.3) is 0 Å². The van der Waals surface area contributed by atoms with Crippen molar-refractivity contribution in [3.8, 4) is 0 Å². The molecule has 2 saturated heterocycles. The van der Waals surface area contributed by atoms with Crippen molar-refractivity contribution in [1.82, 2.24) is 0 Å². The Bertz CT molecular complexity index is 525. The van der Waals surface area contributed by atoms with Crippen LogP contribution in [0.1, 0.15) is 19.3 Å². The Kier molecular flexibility index (Phi) is 3.29. The van der Waals surface area contributed by atoms with Crippen LogP contribution in [0.5, 0.6) is 0 Å². The molecule has 2 aliphatic rings. The van der Waals surface area contributed by atoms with Crippen molar-refractivity contribution in [2.45, 2.75) is 25.4 Å². The predicted molar refractivity (Wildman–Crippen MR) is 71.0 cm³/mol. The molecule has 0 bridgehead atoms. The van der Waals surface area contributed by atoms with E-state index in [0.29, 0.717) is 17.3 Å². The monoisotopic (exact) mass is 279 g/mol. The van der Waals surface area contributed by atoms with Crippen molar-refractivity contribution >= 4 is 29.1 Å². The smallest absolute Gasteiger partial charge is 0.240 e. The molecule has 0 saturated carbocycles. The molecule has 2 amide bonds. The highest BCUT2D eigenvalue weighted by molar-refractivity contribution is 6.31. The molecule has 0 radical (unpaired) electrons. The summed E-state index contributed by atoms with van der Waals surface area (Å²) < 4.78 is 5.54. The molecule has 5 heteroatoms. The van der Waals surface area contributed by atoms with Gasteiger partial charge >= 0.3 is 0 Å². The summed E-state index contributed by atoms with van der Waals surface area (Å²) in [6.07, 6.45) is 1.93. The van der Waals surface area contributed by atoms with Crippen molar-refractivity contribution in [2.75, 3.05) is 11.5 Å². The number of anilines is 1. The van der Waals surface area contributed by atoms with E-state index in [-0.39, 0.29) is 30.3 Å². The normalized spacial score (nSPS) is 27.3. The van der Waals surface area contributed by atoms with E-state index >= 15 is 0 Å². The number of ether oxygens (including phenoxy) is 1. The van der Waals surface area contributed by atoms with Crippen LogP contribution >= 0.6 is 11.6 Å². The maximum atomic E-state index is 12.4. The fraction of sp³-hybridized carbons (Fsp3) is 0.429. The summed E-state index contributed by atoms with van der Waals surface area (Å²) in [7, 11) is 0. The van der Waals surface area contributed by atoms with E-state index in [1.165, 1.54) is 4.90 Å². The third-order valence-corrected chi connectivity index (χ3v) is 3.90. The molecule has 4 nitrogen and oxygen atoms in total. The van der Waals surface area contributed by atoms with Gasteiger partial charge in [0.2, 0.25) is 11.8 Å². The second-order valence-corrected chi connectivity index (χ2v) is 5.35. The molecule has 3 rings (SSSR count). The Labute approximate surface area is 116 Å². The van der Waals surface area contributed by atoms with Gasteiger partial charge in [-0.1, -0.05) is 17.7 Å². The number of carbonyl (C=O) groups is 2. The van der Waals surface area contributed by atoms with Crippen molar-refractivity contribution in [1.29, 1.82) is 0 Å². The molecule has 0 aromatic heterocycles. The zero-order chi connectivity index (χ0) is 13.4. The lowest BCUT2D eigenvalue weighted by Crippen LogP contribution is -2.33. The number of halogens is 1. The number of carbonyl (C=O) groups excluding carboxylic acids is 2. The lowest BCUT2D eigenvalue weighted by molar-refractivity contribution is -0.124. The van der Waals surface area contributed by atoms with Crippen LogP contribution < -0.4 is 4.90 Å². The standard InChI is InChI=1S/C14H14ClNO3/c15-9-3-1-4-10(7-9)16-13(17)8-11(14(16)18)12-5-2-6-19-12/h1,3-4,7,11-12H,2,5-6,8H2/t11-,12+/m1/s1. The predicted octanol–water partition coefficient (Wildman–Crippen LogP) is 2.40. The van der Waals surface area contributed by atoms with Crippen LogP contribution in [0.15, 0.2) is 24.3 Å². The number of amides is 2. The summed E-state index contributed by atoms with van der Waals surface area (Å²) in [4.78, 5) is 25.7. The second kappa shape index (κ2) is 4.94. The highest BCUT2D eigenvalue weighted by atomic mass is 35.5. The van der Waals surface area contributed by atoms with Crippen molar-refractivity contribution in [3.63, 3.8) is 0 Å². The Morgan fingerprint density at radius 3 is 2.84 bits per heavy atom. The zero-order valence-electron chi connectivity index (χ0n) is 10.3. The minimum Gasteiger partial charge on any atom is -0.377 e. The molecule has 2 heterocycles. The van der Waals surface area contributed by atoms with Crippen LogP contribution in [0.3, 0.4) is 0 Å². The maximum Gasteiger partial charge on any atom is 0.240 e. The van der Waals surface area contributed by atoms with Gasteiger partial charge in [-0.3, -0.25) is 14.5 Å². The number of benzene rings is 1. The van der Waals surface area contributed by atoms with Gasteiger partial charge in [0, 0.05) is 18.1 Å². The molecule has 19 heavy (non-hydrogen) atoms. The van der Waals surface area contributed by atoms with Gasteiger partial charge in [-0.15, -0.1) is 0 Å². The van der Waals surface area contributed by atoms with Gasteiger partial charge in [-0.25, -0.2) is 0 Å². The van der Waals surface area contributed by atoms with Gasteiger partial charge in [0.15, 0.2) is 0 Å². The summed E-state index contributed by atoms with van der Waals surface area (Å²) in [6.45, 7) is 0.680. The number of rotatable bonds is 2. The Hall–Kier alpha value is -1.39. The first-order valence-electron chi connectivity index (χ1n) is 6.41. The van der Waals surface area contributed by atoms with Gasteiger partial charge in [-0.05, 0) is 31.0 Å². The largest absolute Gasteiger partial charge is 0.377 e. The molecule has 0 unspecified atom stereocenters. The van der Waals surface area contributed by atoms with E-state index in [1.54, 1.807) is 24.3 Å². The number of hydrogen-bond donors (Lipinski definition) is 0. The fourth-order valence-electron chi connectivity index (χ4n) is 2.75. The number of nitrogens with zero attached hydrogens (tertiary/aromatic N) is 1. The van der Waals surface area contributed by atoms with Gasteiger partial charge in [0.05, 0.1) is 17.7 Å². The van der Waals surface area contributed by atoms with Crippen LogP contribution in [-0.4, -0.2) is 24.5 Å². The topological polar surface area (TPSA) is 46.6 Å². The Morgan fingerprint density at radius 1 is 1.32 bits per heavy atom. The van der Waals surface area contributed by atoms with Crippen molar-refractivity contribution < 1.29 is 14.3 Å². The first kappa shape index (κ1) is 12.6. The summed E-state index contributed by atoms with van der Waals surface area (Å²) in [5, 5.41) is 0.513. The summed E-state index contributed by atoms with van der Waals surface area (Å²) in [5.74, 6) is -0.680. The van der Waals surface area contributed by atoms with Gasteiger partial charge in [0.1, 0.15) is 0 Å². The molecule has 2 atom stereocenters. The zero-order valence-corrected chi connectivity index (χ0v) is 11.1. The fourth-order valence-corrected chi connectivity index (χ4v) is 2.94. The summed E-state index contributed by atoms with van der Waals surface area (Å²) in [5.41, 5.74) is 0.544. The van der Waals surface area contributed by atoms with Crippen LogP contribution in [0.4, 0.5) is 5.69 Å². The van der Waals surface area contributed by atoms with Gasteiger partial charge < -0.3 is 4.74 Å². The third kappa shape index (κ3) is 2.26. The SMILES string of the molecule is O=C1C[C@H]([C@@H]2CCCO2)C(=O)N1c1cccc(Cl)c1. The van der Waals surface area contributed by atoms with Crippen molar-refractivity contribution in [3.05, 3.63) is 29.3 Å². The molecule has 1 aromatic carbocycles. The molecule has 0 spiro atoms. The highest BCUT2D eigenvalue weighted by Crippen LogP contribution is 2.33. The first-order chi connectivity index (χ1) is 9.16. The molecule has 0 aliphatic carbocycles. The number of imide groups is 1. The lowest BCUT2D eigenvalue weighted by atomic mass is 9.98. The van der Waals surface area contributed by atoms with Crippen LogP contribution in [0.2, 0.25) is 5.02 Å². The van der Waals surface area contributed by atoms with Crippen LogP contribution in [0.25, 0.3) is 0 Å². The molecule has 0 N–H and O–H groups in total. The minimum atomic E-state index is -0.339. The molecule has 2 fully saturated rings. The minimum absolute atomic E-state index is 0.111. The quantitative estimate of drug-likeness (QED) is 0.781. The summed E-state index contributed by atoms with van der Waals surface area (Å²) >= 11 is 5.91. The number of hydrogen-bond acceptors (Lipinski definition) is 3. The molecular weight excluding hydrogens is 266 g/mol. The summed E-state index contributed by atoms with van der Waals surface area (Å²) in [6, 6.07) is 6.81. The van der Waals surface area contributed by atoms with E-state index in [2.05, 4.69) is 0 Å². The highest BCUT2D eigenvalue weighted by Gasteiger charge is 2.44. The first-order valence-corrected chi connectivity index (χ1v) is 6.78. The maximum absolute atomic E-state index is 12.4. The van der Waals surface area contributed by atoms with Crippen LogP contribution in [-0.2, 0) is 14.3 Å². The van der Waals surface area contributed by atoms with Crippen LogP contribution in [0, 0.1) is 5.92 Å². The second-order valence-electron chi connectivity index (χ2n) is 4.91. The van der Waals surface area contributed by atoms with E-state index in [0.717, 1.165) is 12.8 Å². The lowest BCUT2D eigenvalue weighted by Gasteiger charge is -2.18. The molecule has 100 valence electrons. The van der Waals surface area contributed by atoms with E-state index in [9.17, 15) is 9.59 Å². The average molecular weight is 280 g/mol. The van der Waals surface area contributed by atoms with E-state index < -0.39 is 0 Å². The van der Waals surface area contributed by atoms with E-state index in [1.807, 2.05) is 0 Å². The Balaban J connectivity index is 1.86. The van der Waals surface area contributed by atoms with Gasteiger partial charge in [-0.2, -0.15) is 0 Å². The molecular formula is C14H14ClNO3. The third-order valence-electron chi connectivity index (χ3n) is 3.66. The van der Waals surface area contributed by atoms with Crippen molar-refractivity contribution in [2.24, 2.45) is 5.92 Å². The van der Waals surface area contributed by atoms with E-state index in [4.69, 9.17) is 16.3 Å². The average Bonchev–Trinajstić information content (AvgIpc) is 2.97. The molecule has 1 aromatic rings. The molecule has 2 aliphatic heterocycles. The Morgan fingerprint density at radius 2 is 2.16 bits per heavy atom.